The maximum atomic E-state index is 10.8. The van der Waals surface area contributed by atoms with E-state index in [1.165, 1.54) is 28.0 Å². The number of carbonyl (C=O) groups is 1. The van der Waals surface area contributed by atoms with Crippen LogP contribution >= 0.6 is 23.1 Å². The average Bonchev–Trinajstić information content (AvgIpc) is 2.79. The molecule has 0 fully saturated rings. The van der Waals surface area contributed by atoms with E-state index in [2.05, 4.69) is 32.0 Å². The van der Waals surface area contributed by atoms with Crippen molar-refractivity contribution in [1.29, 1.82) is 0 Å². The van der Waals surface area contributed by atoms with Crippen LogP contribution in [0, 0.1) is 13.8 Å². The van der Waals surface area contributed by atoms with E-state index >= 15 is 0 Å². The average molecular weight is 278 g/mol. The third kappa shape index (κ3) is 3.15. The van der Waals surface area contributed by atoms with Crippen LogP contribution in [0.25, 0.3) is 0 Å². The Morgan fingerprint density at radius 3 is 2.78 bits per heavy atom. The fourth-order valence-corrected chi connectivity index (χ4v) is 3.56. The zero-order valence-corrected chi connectivity index (χ0v) is 11.9. The Morgan fingerprint density at radius 1 is 1.33 bits per heavy atom. The standard InChI is InChI=1S/C14H14O2S2/c1-9-3-4-10(2)11(5-9)7-17-12-6-13(14(15)16)18-8-12/h3-6,8H,7H2,1-2H3,(H,15,16). The van der Waals surface area contributed by atoms with Crippen LogP contribution in [0.5, 0.6) is 0 Å². The second-order valence-electron chi connectivity index (χ2n) is 4.17. The van der Waals surface area contributed by atoms with E-state index in [1.807, 2.05) is 5.38 Å². The number of aryl methyl sites for hydroxylation is 2. The molecular formula is C14H14O2S2. The lowest BCUT2D eigenvalue weighted by molar-refractivity contribution is 0.0702. The first-order valence-electron chi connectivity index (χ1n) is 5.57. The molecule has 0 saturated carbocycles. The molecule has 0 aliphatic carbocycles. The molecule has 0 spiro atoms. The Bertz CT molecular complexity index is 573. The van der Waals surface area contributed by atoms with Crippen molar-refractivity contribution in [3.8, 4) is 0 Å². The van der Waals surface area contributed by atoms with Crippen molar-refractivity contribution >= 4 is 29.1 Å². The van der Waals surface area contributed by atoms with Crippen LogP contribution < -0.4 is 0 Å². The first-order valence-corrected chi connectivity index (χ1v) is 7.43. The second-order valence-corrected chi connectivity index (χ2v) is 6.13. The van der Waals surface area contributed by atoms with Crippen LogP contribution in [-0.4, -0.2) is 11.1 Å². The van der Waals surface area contributed by atoms with Crippen LogP contribution in [0.2, 0.25) is 0 Å². The second kappa shape index (κ2) is 5.59. The smallest absolute Gasteiger partial charge is 0.345 e. The molecule has 1 N–H and O–H groups in total. The van der Waals surface area contributed by atoms with Crippen molar-refractivity contribution in [2.75, 3.05) is 0 Å². The summed E-state index contributed by atoms with van der Waals surface area (Å²) in [5.41, 5.74) is 3.85. The summed E-state index contributed by atoms with van der Waals surface area (Å²) in [5, 5.41) is 10.8. The van der Waals surface area contributed by atoms with Crippen molar-refractivity contribution in [3.63, 3.8) is 0 Å². The molecule has 4 heteroatoms. The number of carboxylic acids is 1. The Hall–Kier alpha value is -1.26. The van der Waals surface area contributed by atoms with Gasteiger partial charge in [0.25, 0.3) is 0 Å². The number of carboxylic acid groups (broad SMARTS) is 1. The summed E-state index contributed by atoms with van der Waals surface area (Å²) in [4.78, 5) is 12.2. The lowest BCUT2D eigenvalue weighted by Gasteiger charge is -2.05. The van der Waals surface area contributed by atoms with Crippen LogP contribution in [-0.2, 0) is 5.75 Å². The summed E-state index contributed by atoms with van der Waals surface area (Å²) in [6, 6.07) is 8.16. The van der Waals surface area contributed by atoms with Gasteiger partial charge in [-0.05, 0) is 31.0 Å². The number of thioether (sulfide) groups is 1. The summed E-state index contributed by atoms with van der Waals surface area (Å²) in [6.45, 7) is 4.19. The van der Waals surface area contributed by atoms with Gasteiger partial charge in [0.1, 0.15) is 4.88 Å². The number of hydrogen-bond acceptors (Lipinski definition) is 3. The van der Waals surface area contributed by atoms with Crippen molar-refractivity contribution in [2.24, 2.45) is 0 Å². The molecule has 0 aliphatic rings. The quantitative estimate of drug-likeness (QED) is 0.845. The maximum Gasteiger partial charge on any atom is 0.345 e. The minimum Gasteiger partial charge on any atom is -0.477 e. The predicted molar refractivity (Wildman–Crippen MR) is 76.8 cm³/mol. The van der Waals surface area contributed by atoms with Crippen molar-refractivity contribution in [3.05, 3.63) is 51.2 Å². The Kier molecular flexibility index (Phi) is 4.09. The fourth-order valence-electron chi connectivity index (χ4n) is 1.62. The molecule has 2 aromatic rings. The molecule has 0 unspecified atom stereocenters. The van der Waals surface area contributed by atoms with Crippen LogP contribution in [0.15, 0.2) is 34.5 Å². The molecule has 94 valence electrons. The number of rotatable bonds is 4. The van der Waals surface area contributed by atoms with Crippen molar-refractivity contribution < 1.29 is 9.90 Å². The Morgan fingerprint density at radius 2 is 2.11 bits per heavy atom. The van der Waals surface area contributed by atoms with Gasteiger partial charge in [-0.3, -0.25) is 0 Å². The largest absolute Gasteiger partial charge is 0.477 e. The molecule has 2 rings (SSSR count). The third-order valence-electron chi connectivity index (χ3n) is 2.69. The molecule has 0 radical (unpaired) electrons. The van der Waals surface area contributed by atoms with Crippen molar-refractivity contribution in [1.82, 2.24) is 0 Å². The van der Waals surface area contributed by atoms with Crippen LogP contribution in [0.1, 0.15) is 26.4 Å². The van der Waals surface area contributed by atoms with Gasteiger partial charge >= 0.3 is 5.97 Å². The van der Waals surface area contributed by atoms with Gasteiger partial charge in [-0.2, -0.15) is 0 Å². The van der Waals surface area contributed by atoms with E-state index in [0.29, 0.717) is 4.88 Å². The minimum atomic E-state index is -0.849. The first kappa shape index (κ1) is 13.2. The third-order valence-corrected chi connectivity index (χ3v) is 4.78. The summed E-state index contributed by atoms with van der Waals surface area (Å²) in [7, 11) is 0. The number of thiophene rings is 1. The van der Waals surface area contributed by atoms with E-state index in [0.717, 1.165) is 10.6 Å². The van der Waals surface area contributed by atoms with Gasteiger partial charge in [0, 0.05) is 16.0 Å². The van der Waals surface area contributed by atoms with E-state index in [9.17, 15) is 4.79 Å². The molecule has 0 saturated heterocycles. The normalized spacial score (nSPS) is 10.6. The Labute approximate surface area is 115 Å². The van der Waals surface area contributed by atoms with Gasteiger partial charge in [0.15, 0.2) is 0 Å². The summed E-state index contributed by atoms with van der Waals surface area (Å²) >= 11 is 2.96. The van der Waals surface area contributed by atoms with Gasteiger partial charge in [-0.1, -0.05) is 23.8 Å². The van der Waals surface area contributed by atoms with Crippen molar-refractivity contribution in [2.45, 2.75) is 24.5 Å². The van der Waals surface area contributed by atoms with Gasteiger partial charge in [0.05, 0.1) is 0 Å². The minimum absolute atomic E-state index is 0.401. The monoisotopic (exact) mass is 278 g/mol. The summed E-state index contributed by atoms with van der Waals surface area (Å²) in [5.74, 6) is 0.0297. The predicted octanol–water partition coefficient (Wildman–Crippen LogP) is 4.36. The van der Waals surface area contributed by atoms with E-state index in [1.54, 1.807) is 17.8 Å². The molecule has 18 heavy (non-hydrogen) atoms. The van der Waals surface area contributed by atoms with Gasteiger partial charge < -0.3 is 5.11 Å². The molecule has 0 bridgehead atoms. The molecule has 0 aliphatic heterocycles. The highest BCUT2D eigenvalue weighted by atomic mass is 32.2. The van der Waals surface area contributed by atoms with Crippen LogP contribution in [0.4, 0.5) is 0 Å². The molecule has 1 heterocycles. The SMILES string of the molecule is Cc1ccc(C)c(CSc2csc(C(=O)O)c2)c1. The highest BCUT2D eigenvalue weighted by molar-refractivity contribution is 7.98. The molecule has 0 atom stereocenters. The fraction of sp³-hybridized carbons (Fsp3) is 0.214. The van der Waals surface area contributed by atoms with Gasteiger partial charge in [0.2, 0.25) is 0 Å². The first-order chi connectivity index (χ1) is 8.56. The Balaban J connectivity index is 2.06. The number of aromatic carboxylic acids is 1. The lowest BCUT2D eigenvalue weighted by Crippen LogP contribution is -1.90. The van der Waals surface area contributed by atoms with Crippen LogP contribution in [0.3, 0.4) is 0 Å². The van der Waals surface area contributed by atoms with E-state index in [4.69, 9.17) is 5.11 Å². The van der Waals surface area contributed by atoms with E-state index in [-0.39, 0.29) is 0 Å². The number of hydrogen-bond donors (Lipinski definition) is 1. The lowest BCUT2D eigenvalue weighted by atomic mass is 10.1. The molecular weight excluding hydrogens is 264 g/mol. The molecule has 2 nitrogen and oxygen atoms in total. The summed E-state index contributed by atoms with van der Waals surface area (Å²) in [6.07, 6.45) is 0. The summed E-state index contributed by atoms with van der Waals surface area (Å²) < 4.78 is 0. The molecule has 1 aromatic carbocycles. The van der Waals surface area contributed by atoms with Gasteiger partial charge in [-0.15, -0.1) is 23.1 Å². The highest BCUT2D eigenvalue weighted by Crippen LogP contribution is 2.28. The van der Waals surface area contributed by atoms with Gasteiger partial charge in [-0.25, -0.2) is 4.79 Å². The van der Waals surface area contributed by atoms with E-state index < -0.39 is 5.97 Å². The topological polar surface area (TPSA) is 37.3 Å². The number of benzene rings is 1. The highest BCUT2D eigenvalue weighted by Gasteiger charge is 2.07. The zero-order valence-electron chi connectivity index (χ0n) is 10.3. The molecule has 0 amide bonds. The maximum absolute atomic E-state index is 10.8. The zero-order chi connectivity index (χ0) is 13.1. The molecule has 1 aromatic heterocycles.